The van der Waals surface area contributed by atoms with Gasteiger partial charge in [0.25, 0.3) is 0 Å². The van der Waals surface area contributed by atoms with Crippen molar-refractivity contribution in [2.24, 2.45) is 11.7 Å². The molecule has 5 nitrogen and oxygen atoms in total. The monoisotopic (exact) mass is 213 g/mol. The van der Waals surface area contributed by atoms with E-state index in [-0.39, 0.29) is 11.8 Å². The number of hydrogen-bond donors (Lipinski definition) is 1. The van der Waals surface area contributed by atoms with Gasteiger partial charge >= 0.3 is 0 Å². The predicted octanol–water partition coefficient (Wildman–Crippen LogP) is -0.0317. The van der Waals surface area contributed by atoms with Crippen LogP contribution in [0.3, 0.4) is 0 Å². The number of amides is 1. The molecule has 2 atom stereocenters. The molecule has 0 aliphatic carbocycles. The fourth-order valence-corrected chi connectivity index (χ4v) is 1.19. The Kier molecular flexibility index (Phi) is 6.67. The van der Waals surface area contributed by atoms with Gasteiger partial charge in [-0.1, -0.05) is 0 Å². The second kappa shape index (κ2) is 7.21. The van der Waals surface area contributed by atoms with Gasteiger partial charge < -0.3 is 15.4 Å². The Labute approximate surface area is 90.8 Å². The average molecular weight is 213 g/mol. The van der Waals surface area contributed by atoms with E-state index >= 15 is 0 Å². The van der Waals surface area contributed by atoms with Gasteiger partial charge in [0.2, 0.25) is 5.91 Å². The van der Waals surface area contributed by atoms with Crippen LogP contribution >= 0.6 is 0 Å². The van der Waals surface area contributed by atoms with Crippen molar-refractivity contribution in [1.82, 2.24) is 4.90 Å². The van der Waals surface area contributed by atoms with Gasteiger partial charge in [0, 0.05) is 27.3 Å². The Hall–Kier alpha value is -1.12. The molecule has 86 valence electrons. The highest BCUT2D eigenvalue weighted by Crippen LogP contribution is 2.00. The van der Waals surface area contributed by atoms with Gasteiger partial charge in [0.05, 0.1) is 18.0 Å². The van der Waals surface area contributed by atoms with E-state index in [0.29, 0.717) is 19.6 Å². The second-order valence-corrected chi connectivity index (χ2v) is 3.64. The number of carbonyl (C=O) groups excluding carboxylic acids is 1. The lowest BCUT2D eigenvalue weighted by molar-refractivity contribution is -0.132. The third-order valence-electron chi connectivity index (χ3n) is 2.09. The van der Waals surface area contributed by atoms with Gasteiger partial charge in [-0.25, -0.2) is 0 Å². The number of rotatable bonds is 6. The number of methoxy groups -OCH3 is 1. The molecule has 0 radical (unpaired) electrons. The summed E-state index contributed by atoms with van der Waals surface area (Å²) in [6.45, 7) is 2.65. The molecule has 0 aliphatic rings. The van der Waals surface area contributed by atoms with Crippen LogP contribution in [0.25, 0.3) is 0 Å². The summed E-state index contributed by atoms with van der Waals surface area (Å²) in [5, 5.41) is 8.61. The van der Waals surface area contributed by atoms with Gasteiger partial charge in [-0.15, -0.1) is 0 Å². The molecule has 2 N–H and O–H groups in total. The first-order valence-corrected chi connectivity index (χ1v) is 4.92. The maximum absolute atomic E-state index is 11.6. The molecule has 0 aromatic rings. The standard InChI is InChI=1S/C10H19N3O2/c1-8(6-11)7-13(2)10(14)9(12)4-5-15-3/h8-9H,4-5,7,12H2,1-3H3. The summed E-state index contributed by atoms with van der Waals surface area (Å²) in [4.78, 5) is 13.1. The summed E-state index contributed by atoms with van der Waals surface area (Å²) < 4.78 is 4.84. The van der Waals surface area contributed by atoms with Gasteiger partial charge in [0.15, 0.2) is 0 Å². The highest BCUT2D eigenvalue weighted by Gasteiger charge is 2.18. The summed E-state index contributed by atoms with van der Waals surface area (Å²) in [6, 6.07) is 1.53. The first-order chi connectivity index (χ1) is 7.02. The van der Waals surface area contributed by atoms with E-state index in [2.05, 4.69) is 6.07 Å². The first kappa shape index (κ1) is 13.9. The minimum Gasteiger partial charge on any atom is -0.385 e. The number of nitriles is 1. The molecule has 0 aromatic carbocycles. The lowest BCUT2D eigenvalue weighted by Gasteiger charge is -2.21. The highest BCUT2D eigenvalue weighted by atomic mass is 16.5. The van der Waals surface area contributed by atoms with Crippen LogP contribution in [0.4, 0.5) is 0 Å². The van der Waals surface area contributed by atoms with Crippen LogP contribution < -0.4 is 5.73 Å². The number of nitrogens with zero attached hydrogens (tertiary/aromatic N) is 2. The van der Waals surface area contributed by atoms with Crippen molar-refractivity contribution in [3.05, 3.63) is 0 Å². The molecular weight excluding hydrogens is 194 g/mol. The normalized spacial score (nSPS) is 14.1. The average Bonchev–Trinajstić information content (AvgIpc) is 2.24. The molecule has 0 bridgehead atoms. The van der Waals surface area contributed by atoms with Gasteiger partial charge in [-0.3, -0.25) is 4.79 Å². The van der Waals surface area contributed by atoms with E-state index in [1.54, 1.807) is 21.1 Å². The summed E-state index contributed by atoms with van der Waals surface area (Å²) in [5.41, 5.74) is 5.67. The van der Waals surface area contributed by atoms with Crippen molar-refractivity contribution in [1.29, 1.82) is 5.26 Å². The molecular formula is C10H19N3O2. The Bertz CT molecular complexity index is 237. The van der Waals surface area contributed by atoms with E-state index in [1.165, 1.54) is 4.90 Å². The van der Waals surface area contributed by atoms with Crippen LogP contribution in [0.1, 0.15) is 13.3 Å². The van der Waals surface area contributed by atoms with Crippen LogP contribution in [0.5, 0.6) is 0 Å². The molecule has 0 spiro atoms. The molecule has 5 heteroatoms. The highest BCUT2D eigenvalue weighted by molar-refractivity contribution is 5.81. The maximum Gasteiger partial charge on any atom is 0.239 e. The van der Waals surface area contributed by atoms with Crippen LogP contribution in [0.2, 0.25) is 0 Å². The number of ether oxygens (including phenoxy) is 1. The third kappa shape index (κ3) is 5.35. The Morgan fingerprint density at radius 2 is 2.27 bits per heavy atom. The van der Waals surface area contributed by atoms with Crippen molar-refractivity contribution in [3.63, 3.8) is 0 Å². The Balaban J connectivity index is 4.02. The molecule has 2 unspecified atom stereocenters. The molecule has 0 aromatic heterocycles. The lowest BCUT2D eigenvalue weighted by Crippen LogP contribution is -2.43. The largest absolute Gasteiger partial charge is 0.385 e. The van der Waals surface area contributed by atoms with Crippen molar-refractivity contribution >= 4 is 5.91 Å². The molecule has 0 saturated heterocycles. The summed E-state index contributed by atoms with van der Waals surface area (Å²) in [7, 11) is 3.22. The van der Waals surface area contributed by atoms with E-state index in [0.717, 1.165) is 0 Å². The van der Waals surface area contributed by atoms with Crippen molar-refractivity contribution < 1.29 is 9.53 Å². The summed E-state index contributed by atoms with van der Waals surface area (Å²) in [5.74, 6) is -0.317. The number of carbonyl (C=O) groups is 1. The van der Waals surface area contributed by atoms with Gasteiger partial charge in [-0.2, -0.15) is 5.26 Å². The van der Waals surface area contributed by atoms with Crippen molar-refractivity contribution in [3.8, 4) is 6.07 Å². The van der Waals surface area contributed by atoms with Crippen LogP contribution in [0, 0.1) is 17.2 Å². The van der Waals surface area contributed by atoms with E-state index in [1.807, 2.05) is 0 Å². The Morgan fingerprint density at radius 3 is 2.73 bits per heavy atom. The molecule has 0 aliphatic heterocycles. The van der Waals surface area contributed by atoms with Crippen molar-refractivity contribution in [2.75, 3.05) is 27.3 Å². The van der Waals surface area contributed by atoms with Gasteiger partial charge in [-0.05, 0) is 13.3 Å². The summed E-state index contributed by atoms with van der Waals surface area (Å²) >= 11 is 0. The second-order valence-electron chi connectivity index (χ2n) is 3.64. The quantitative estimate of drug-likeness (QED) is 0.672. The molecule has 0 saturated carbocycles. The molecule has 0 heterocycles. The van der Waals surface area contributed by atoms with Crippen LogP contribution in [0.15, 0.2) is 0 Å². The van der Waals surface area contributed by atoms with Crippen LogP contribution in [-0.2, 0) is 9.53 Å². The molecule has 0 rings (SSSR count). The zero-order valence-electron chi connectivity index (χ0n) is 9.56. The predicted molar refractivity (Wildman–Crippen MR) is 56.9 cm³/mol. The van der Waals surface area contributed by atoms with Crippen molar-refractivity contribution in [2.45, 2.75) is 19.4 Å². The van der Waals surface area contributed by atoms with E-state index in [9.17, 15) is 4.79 Å². The summed E-state index contributed by atoms with van der Waals surface area (Å²) in [6.07, 6.45) is 0.501. The van der Waals surface area contributed by atoms with E-state index < -0.39 is 6.04 Å². The number of likely N-dealkylation sites (N-methyl/N-ethyl adjacent to an activating group) is 1. The molecule has 15 heavy (non-hydrogen) atoms. The first-order valence-electron chi connectivity index (χ1n) is 4.92. The minimum atomic E-state index is -0.541. The SMILES string of the molecule is COCCC(N)C(=O)N(C)CC(C)C#N. The Morgan fingerprint density at radius 1 is 1.67 bits per heavy atom. The van der Waals surface area contributed by atoms with Gasteiger partial charge in [0.1, 0.15) is 0 Å². The zero-order valence-corrected chi connectivity index (χ0v) is 9.56. The zero-order chi connectivity index (χ0) is 11.8. The maximum atomic E-state index is 11.6. The molecule has 0 fully saturated rings. The number of hydrogen-bond acceptors (Lipinski definition) is 4. The fraction of sp³-hybridized carbons (Fsp3) is 0.800. The lowest BCUT2D eigenvalue weighted by atomic mass is 10.1. The number of nitrogens with two attached hydrogens (primary N) is 1. The van der Waals surface area contributed by atoms with Crippen LogP contribution in [-0.4, -0.2) is 44.2 Å². The smallest absolute Gasteiger partial charge is 0.239 e. The molecule has 1 amide bonds. The third-order valence-corrected chi connectivity index (χ3v) is 2.09. The topological polar surface area (TPSA) is 79.3 Å². The van der Waals surface area contributed by atoms with E-state index in [4.69, 9.17) is 15.7 Å². The fourth-order valence-electron chi connectivity index (χ4n) is 1.19. The minimum absolute atomic E-state index is 0.144.